The molecule has 0 spiro atoms. The Balaban J connectivity index is 2.29. The van der Waals surface area contributed by atoms with E-state index >= 15 is 0 Å². The normalized spacial score (nSPS) is 11.9. The van der Waals surface area contributed by atoms with E-state index in [1.807, 2.05) is 0 Å². The first-order chi connectivity index (χ1) is 9.87. The summed E-state index contributed by atoms with van der Waals surface area (Å²) in [6.45, 7) is 3.89. The van der Waals surface area contributed by atoms with Gasteiger partial charge in [0.15, 0.2) is 0 Å². The molecule has 0 saturated carbocycles. The van der Waals surface area contributed by atoms with Crippen LogP contribution in [0.4, 0.5) is 8.78 Å². The van der Waals surface area contributed by atoms with Crippen LogP contribution in [0.25, 0.3) is 11.3 Å². The van der Waals surface area contributed by atoms with E-state index in [9.17, 15) is 8.78 Å². The number of aromatic nitrogens is 2. The van der Waals surface area contributed by atoms with Crippen molar-refractivity contribution in [3.05, 3.63) is 36.0 Å². The molecule has 0 amide bonds. The molecule has 21 heavy (non-hydrogen) atoms. The molecule has 0 aliphatic rings. The van der Waals surface area contributed by atoms with Crippen LogP contribution in [-0.2, 0) is 6.54 Å². The summed E-state index contributed by atoms with van der Waals surface area (Å²) in [4.78, 5) is 0. The molecule has 1 heterocycles. The van der Waals surface area contributed by atoms with Crippen LogP contribution in [0, 0.1) is 0 Å². The first-order valence-corrected chi connectivity index (χ1v) is 6.68. The van der Waals surface area contributed by atoms with Gasteiger partial charge in [-0.05, 0) is 32.9 Å². The largest absolute Gasteiger partial charge is 0.434 e. The van der Waals surface area contributed by atoms with Gasteiger partial charge in [-0.2, -0.15) is 13.9 Å². The van der Waals surface area contributed by atoms with Crippen molar-refractivity contribution < 1.29 is 13.5 Å². The van der Waals surface area contributed by atoms with Crippen LogP contribution in [0.2, 0.25) is 0 Å². The van der Waals surface area contributed by atoms with Gasteiger partial charge < -0.3 is 10.1 Å². The Labute approximate surface area is 122 Å². The Bertz CT molecular complexity index is 591. The molecule has 2 N–H and O–H groups in total. The smallest absolute Gasteiger partial charge is 0.387 e. The summed E-state index contributed by atoms with van der Waals surface area (Å²) in [6, 6.07) is 6.68. The first kappa shape index (κ1) is 15.4. The van der Waals surface area contributed by atoms with Crippen LogP contribution in [0.1, 0.15) is 26.3 Å². The number of benzene rings is 1. The standard InChI is InChI=1S/C15H19F2N3O/c1-15(2,3)18-8-10-9-19-20-13(10)11-6-4-5-7-12(11)21-14(16)17/h4-7,9,14,18H,8H2,1-3H3,(H,19,20). The van der Waals surface area contributed by atoms with Crippen LogP contribution < -0.4 is 10.1 Å². The maximum absolute atomic E-state index is 12.5. The van der Waals surface area contributed by atoms with Crippen molar-refractivity contribution in [1.29, 1.82) is 0 Å². The van der Waals surface area contributed by atoms with Crippen molar-refractivity contribution in [2.75, 3.05) is 0 Å². The number of para-hydroxylation sites is 1. The van der Waals surface area contributed by atoms with Crippen molar-refractivity contribution in [3.8, 4) is 17.0 Å². The van der Waals surface area contributed by atoms with Crippen molar-refractivity contribution >= 4 is 0 Å². The number of ether oxygens (including phenoxy) is 1. The second kappa shape index (κ2) is 6.22. The molecule has 1 aromatic heterocycles. The van der Waals surface area contributed by atoms with Gasteiger partial charge in [0.1, 0.15) is 5.75 Å². The predicted octanol–water partition coefficient (Wildman–Crippen LogP) is 3.57. The van der Waals surface area contributed by atoms with Crippen LogP contribution in [0.3, 0.4) is 0 Å². The number of alkyl halides is 2. The minimum atomic E-state index is -2.86. The fraction of sp³-hybridized carbons (Fsp3) is 0.400. The Kier molecular flexibility index (Phi) is 4.57. The van der Waals surface area contributed by atoms with Gasteiger partial charge in [0, 0.05) is 23.2 Å². The van der Waals surface area contributed by atoms with Gasteiger partial charge in [-0.15, -0.1) is 0 Å². The number of rotatable bonds is 5. The lowest BCUT2D eigenvalue weighted by Gasteiger charge is -2.20. The molecule has 0 radical (unpaired) electrons. The SMILES string of the molecule is CC(C)(C)NCc1cn[nH]c1-c1ccccc1OC(F)F. The highest BCUT2D eigenvalue weighted by atomic mass is 19.3. The quantitative estimate of drug-likeness (QED) is 0.886. The van der Waals surface area contributed by atoms with Crippen LogP contribution in [0.5, 0.6) is 5.75 Å². The van der Waals surface area contributed by atoms with E-state index in [-0.39, 0.29) is 11.3 Å². The van der Waals surface area contributed by atoms with E-state index in [0.29, 0.717) is 17.8 Å². The number of H-pyrrole nitrogens is 1. The van der Waals surface area contributed by atoms with Gasteiger partial charge in [0.2, 0.25) is 0 Å². The number of hydrogen-bond acceptors (Lipinski definition) is 3. The molecule has 0 aliphatic carbocycles. The molecule has 0 atom stereocenters. The highest BCUT2D eigenvalue weighted by Gasteiger charge is 2.16. The Morgan fingerprint density at radius 1 is 1.29 bits per heavy atom. The average molecular weight is 295 g/mol. The van der Waals surface area contributed by atoms with Gasteiger partial charge in [0.05, 0.1) is 11.9 Å². The van der Waals surface area contributed by atoms with Crippen LogP contribution >= 0.6 is 0 Å². The first-order valence-electron chi connectivity index (χ1n) is 6.68. The highest BCUT2D eigenvalue weighted by Crippen LogP contribution is 2.31. The van der Waals surface area contributed by atoms with Gasteiger partial charge >= 0.3 is 6.61 Å². The second-order valence-electron chi connectivity index (χ2n) is 5.75. The molecular formula is C15H19F2N3O. The predicted molar refractivity (Wildman–Crippen MR) is 77.2 cm³/mol. The summed E-state index contributed by atoms with van der Waals surface area (Å²) in [5.41, 5.74) is 2.10. The number of halogens is 2. The van der Waals surface area contributed by atoms with E-state index in [4.69, 9.17) is 0 Å². The van der Waals surface area contributed by atoms with Crippen molar-refractivity contribution in [2.24, 2.45) is 0 Å². The average Bonchev–Trinajstić information content (AvgIpc) is 2.83. The summed E-state index contributed by atoms with van der Waals surface area (Å²) in [5, 5.41) is 10.2. The Hall–Kier alpha value is -1.95. The zero-order valence-corrected chi connectivity index (χ0v) is 12.3. The maximum Gasteiger partial charge on any atom is 0.387 e. The third-order valence-corrected chi connectivity index (χ3v) is 2.90. The second-order valence-corrected chi connectivity index (χ2v) is 5.75. The van der Waals surface area contributed by atoms with Gasteiger partial charge in [0.25, 0.3) is 0 Å². The lowest BCUT2D eigenvalue weighted by Crippen LogP contribution is -2.35. The Morgan fingerprint density at radius 2 is 2.00 bits per heavy atom. The fourth-order valence-electron chi connectivity index (χ4n) is 1.91. The molecule has 0 fully saturated rings. The molecule has 0 bridgehead atoms. The van der Waals surface area contributed by atoms with E-state index in [2.05, 4.69) is 41.0 Å². The minimum Gasteiger partial charge on any atom is -0.434 e. The molecule has 114 valence electrons. The lowest BCUT2D eigenvalue weighted by atomic mass is 10.1. The number of nitrogens with one attached hydrogen (secondary N) is 2. The maximum atomic E-state index is 12.5. The summed E-state index contributed by atoms with van der Waals surface area (Å²) < 4.78 is 29.5. The third-order valence-electron chi connectivity index (χ3n) is 2.90. The molecule has 0 unspecified atom stereocenters. The lowest BCUT2D eigenvalue weighted by molar-refractivity contribution is -0.0494. The zero-order chi connectivity index (χ0) is 15.5. The molecule has 0 saturated heterocycles. The topological polar surface area (TPSA) is 49.9 Å². The molecule has 2 rings (SSSR count). The third kappa shape index (κ3) is 4.26. The van der Waals surface area contributed by atoms with E-state index in [1.54, 1.807) is 24.4 Å². The Morgan fingerprint density at radius 3 is 2.67 bits per heavy atom. The van der Waals surface area contributed by atoms with Crippen molar-refractivity contribution in [1.82, 2.24) is 15.5 Å². The van der Waals surface area contributed by atoms with Gasteiger partial charge in [-0.3, -0.25) is 5.10 Å². The molecule has 1 aromatic carbocycles. The molecule has 2 aromatic rings. The summed E-state index contributed by atoms with van der Waals surface area (Å²) in [6.07, 6.45) is 1.69. The van der Waals surface area contributed by atoms with Gasteiger partial charge in [-0.25, -0.2) is 0 Å². The molecule has 4 nitrogen and oxygen atoms in total. The zero-order valence-electron chi connectivity index (χ0n) is 12.3. The van der Waals surface area contributed by atoms with Gasteiger partial charge in [-0.1, -0.05) is 12.1 Å². The van der Waals surface area contributed by atoms with E-state index in [0.717, 1.165) is 5.56 Å². The summed E-state index contributed by atoms with van der Waals surface area (Å²) >= 11 is 0. The monoisotopic (exact) mass is 295 g/mol. The molecule has 6 heteroatoms. The summed E-state index contributed by atoms with van der Waals surface area (Å²) in [7, 11) is 0. The fourth-order valence-corrected chi connectivity index (χ4v) is 1.91. The molecule has 0 aliphatic heterocycles. The highest BCUT2D eigenvalue weighted by molar-refractivity contribution is 5.69. The molecular weight excluding hydrogens is 276 g/mol. The number of aromatic amines is 1. The van der Waals surface area contributed by atoms with Crippen LogP contribution in [-0.4, -0.2) is 22.3 Å². The van der Waals surface area contributed by atoms with Crippen molar-refractivity contribution in [2.45, 2.75) is 39.5 Å². The number of nitrogens with zero attached hydrogens (tertiary/aromatic N) is 1. The van der Waals surface area contributed by atoms with E-state index < -0.39 is 6.61 Å². The summed E-state index contributed by atoms with van der Waals surface area (Å²) in [5.74, 6) is 0.133. The minimum absolute atomic E-state index is 0.0481. The number of hydrogen-bond donors (Lipinski definition) is 2. The van der Waals surface area contributed by atoms with E-state index in [1.165, 1.54) is 6.07 Å². The van der Waals surface area contributed by atoms with Crippen LogP contribution in [0.15, 0.2) is 30.5 Å². The van der Waals surface area contributed by atoms with Crippen molar-refractivity contribution in [3.63, 3.8) is 0 Å².